The second-order valence-electron chi connectivity index (χ2n) is 5.08. The van der Waals surface area contributed by atoms with Crippen molar-refractivity contribution in [2.75, 3.05) is 6.61 Å². The molecule has 0 fully saturated rings. The Labute approximate surface area is 122 Å². The van der Waals surface area contributed by atoms with Crippen molar-refractivity contribution in [1.82, 2.24) is 5.32 Å². The normalized spacial score (nSPS) is 18.3. The van der Waals surface area contributed by atoms with Gasteiger partial charge in [0.25, 0.3) is 9.05 Å². The zero-order chi connectivity index (χ0) is 14.9. The van der Waals surface area contributed by atoms with Crippen molar-refractivity contribution in [3.8, 4) is 5.75 Å². The van der Waals surface area contributed by atoms with E-state index in [1.54, 1.807) is 6.07 Å². The molecule has 1 aliphatic heterocycles. The van der Waals surface area contributed by atoms with Crippen LogP contribution in [0.4, 0.5) is 0 Å². The molecule has 5 nitrogen and oxygen atoms in total. The van der Waals surface area contributed by atoms with Gasteiger partial charge in [0.1, 0.15) is 12.4 Å². The predicted octanol–water partition coefficient (Wildman–Crippen LogP) is 1.69. The third kappa shape index (κ3) is 3.43. The van der Waals surface area contributed by atoms with E-state index in [4.69, 9.17) is 15.4 Å². The molecule has 2 rings (SSSR count). The van der Waals surface area contributed by atoms with E-state index in [1.807, 2.05) is 13.8 Å². The summed E-state index contributed by atoms with van der Waals surface area (Å²) in [5.41, 5.74) is 0.682. The number of carbonyl (C=O) groups excluding carboxylic acids is 1. The van der Waals surface area contributed by atoms with Crippen molar-refractivity contribution in [3.63, 3.8) is 0 Å². The molecule has 0 radical (unpaired) electrons. The van der Waals surface area contributed by atoms with Crippen LogP contribution in [-0.4, -0.2) is 27.0 Å². The molecule has 0 aromatic heterocycles. The first-order valence-corrected chi connectivity index (χ1v) is 8.59. The maximum atomic E-state index is 12.0. The molecule has 0 saturated heterocycles. The molecule has 1 aromatic carbocycles. The van der Waals surface area contributed by atoms with Crippen molar-refractivity contribution >= 4 is 25.6 Å². The summed E-state index contributed by atoms with van der Waals surface area (Å²) in [6.07, 6.45) is 0.439. The van der Waals surface area contributed by atoms with Gasteiger partial charge in [0.2, 0.25) is 5.91 Å². The minimum Gasteiger partial charge on any atom is -0.492 e. The zero-order valence-corrected chi connectivity index (χ0v) is 12.8. The number of fused-ring (bicyclic) bond motifs is 1. The van der Waals surface area contributed by atoms with Crippen LogP contribution in [0, 0.1) is 5.92 Å². The second-order valence-corrected chi connectivity index (χ2v) is 7.65. The Balaban J connectivity index is 2.22. The summed E-state index contributed by atoms with van der Waals surface area (Å²) in [5, 5.41) is 2.82. The summed E-state index contributed by atoms with van der Waals surface area (Å²) in [7, 11) is 1.54. The van der Waals surface area contributed by atoms with E-state index >= 15 is 0 Å². The van der Waals surface area contributed by atoms with E-state index in [0.717, 1.165) is 0 Å². The molecule has 0 saturated carbocycles. The predicted molar refractivity (Wildman–Crippen MR) is 75.4 cm³/mol. The fourth-order valence-corrected chi connectivity index (χ4v) is 2.89. The Morgan fingerprint density at radius 2 is 2.15 bits per heavy atom. The quantitative estimate of drug-likeness (QED) is 0.861. The summed E-state index contributed by atoms with van der Waals surface area (Å²) >= 11 is 0. The van der Waals surface area contributed by atoms with Crippen LogP contribution >= 0.6 is 10.7 Å². The lowest BCUT2D eigenvalue weighted by Crippen LogP contribution is -2.40. The molecule has 20 heavy (non-hydrogen) atoms. The molecule has 0 spiro atoms. The van der Waals surface area contributed by atoms with Crippen molar-refractivity contribution in [2.45, 2.75) is 31.2 Å². The SMILES string of the molecule is CC(C)NC(=O)C1COc2ccc(S(=O)(=O)Cl)cc2C1. The summed E-state index contributed by atoms with van der Waals surface area (Å²) in [6, 6.07) is 4.49. The number of halogens is 1. The molecular weight excluding hydrogens is 302 g/mol. The van der Waals surface area contributed by atoms with Crippen molar-refractivity contribution < 1.29 is 17.9 Å². The fraction of sp³-hybridized carbons (Fsp3) is 0.462. The number of carbonyl (C=O) groups is 1. The first-order valence-electron chi connectivity index (χ1n) is 6.28. The van der Waals surface area contributed by atoms with Gasteiger partial charge in [-0.2, -0.15) is 0 Å². The van der Waals surface area contributed by atoms with Gasteiger partial charge in [-0.1, -0.05) is 0 Å². The lowest BCUT2D eigenvalue weighted by atomic mass is 9.96. The van der Waals surface area contributed by atoms with Gasteiger partial charge in [0.15, 0.2) is 0 Å². The van der Waals surface area contributed by atoms with Gasteiger partial charge in [-0.25, -0.2) is 8.42 Å². The van der Waals surface area contributed by atoms with E-state index in [1.165, 1.54) is 12.1 Å². The average molecular weight is 318 g/mol. The van der Waals surface area contributed by atoms with Gasteiger partial charge in [0.05, 0.1) is 10.8 Å². The van der Waals surface area contributed by atoms with Crippen LogP contribution in [-0.2, 0) is 20.3 Å². The van der Waals surface area contributed by atoms with Crippen molar-refractivity contribution in [3.05, 3.63) is 23.8 Å². The lowest BCUT2D eigenvalue weighted by Gasteiger charge is -2.25. The number of benzene rings is 1. The molecule has 1 aliphatic rings. The summed E-state index contributed by atoms with van der Waals surface area (Å²) in [5.74, 6) is 0.186. The van der Waals surface area contributed by atoms with E-state index in [9.17, 15) is 13.2 Å². The van der Waals surface area contributed by atoms with Crippen molar-refractivity contribution in [1.29, 1.82) is 0 Å². The average Bonchev–Trinajstić information content (AvgIpc) is 2.35. The number of hydrogen-bond acceptors (Lipinski definition) is 4. The molecular formula is C13H16ClNO4S. The molecule has 0 bridgehead atoms. The van der Waals surface area contributed by atoms with E-state index in [2.05, 4.69) is 5.32 Å². The van der Waals surface area contributed by atoms with Crippen LogP contribution in [0.25, 0.3) is 0 Å². The Hall–Kier alpha value is -1.27. The number of nitrogens with one attached hydrogen (secondary N) is 1. The van der Waals surface area contributed by atoms with Gasteiger partial charge in [-0.15, -0.1) is 0 Å². The number of ether oxygens (including phenoxy) is 1. The number of hydrogen-bond donors (Lipinski definition) is 1. The van der Waals surface area contributed by atoms with Crippen LogP contribution < -0.4 is 10.1 Å². The van der Waals surface area contributed by atoms with E-state index in [-0.39, 0.29) is 22.8 Å². The van der Waals surface area contributed by atoms with Gasteiger partial charge < -0.3 is 10.1 Å². The highest BCUT2D eigenvalue weighted by Gasteiger charge is 2.27. The molecule has 1 heterocycles. The van der Waals surface area contributed by atoms with Gasteiger partial charge >= 0.3 is 0 Å². The highest BCUT2D eigenvalue weighted by atomic mass is 35.7. The third-order valence-corrected chi connectivity index (χ3v) is 4.37. The molecule has 1 unspecified atom stereocenters. The van der Waals surface area contributed by atoms with Gasteiger partial charge in [-0.3, -0.25) is 4.79 Å². The number of rotatable bonds is 3. The van der Waals surface area contributed by atoms with Crippen LogP contribution in [0.2, 0.25) is 0 Å². The van der Waals surface area contributed by atoms with Gasteiger partial charge in [-0.05, 0) is 44.0 Å². The Bertz CT molecular complexity index is 627. The first-order chi connectivity index (χ1) is 9.27. The van der Waals surface area contributed by atoms with Crippen molar-refractivity contribution in [2.24, 2.45) is 5.92 Å². The second kappa shape index (κ2) is 5.61. The highest BCUT2D eigenvalue weighted by molar-refractivity contribution is 8.13. The maximum Gasteiger partial charge on any atom is 0.261 e. The van der Waals surface area contributed by atoms with E-state index < -0.39 is 9.05 Å². The molecule has 0 aliphatic carbocycles. The fourth-order valence-electron chi connectivity index (χ4n) is 2.09. The Morgan fingerprint density at radius 1 is 1.45 bits per heavy atom. The van der Waals surface area contributed by atoms with Crippen LogP contribution in [0.3, 0.4) is 0 Å². The third-order valence-electron chi connectivity index (χ3n) is 3.02. The summed E-state index contributed by atoms with van der Waals surface area (Å²) < 4.78 is 28.2. The lowest BCUT2D eigenvalue weighted by molar-refractivity contribution is -0.126. The van der Waals surface area contributed by atoms with Crippen LogP contribution in [0.1, 0.15) is 19.4 Å². The topological polar surface area (TPSA) is 72.5 Å². The highest BCUT2D eigenvalue weighted by Crippen LogP contribution is 2.30. The standard InChI is InChI=1S/C13H16ClNO4S/c1-8(2)15-13(16)10-5-9-6-11(20(14,17)18)3-4-12(9)19-7-10/h3-4,6,8,10H,5,7H2,1-2H3,(H,15,16). The number of amides is 1. The minimum atomic E-state index is -3.78. The molecule has 7 heteroatoms. The largest absolute Gasteiger partial charge is 0.492 e. The Kier molecular flexibility index (Phi) is 4.25. The van der Waals surface area contributed by atoms with Gasteiger partial charge in [0, 0.05) is 16.7 Å². The van der Waals surface area contributed by atoms with Crippen LogP contribution in [0.5, 0.6) is 5.75 Å². The molecule has 110 valence electrons. The molecule has 1 aromatic rings. The Morgan fingerprint density at radius 3 is 2.75 bits per heavy atom. The monoisotopic (exact) mass is 317 g/mol. The summed E-state index contributed by atoms with van der Waals surface area (Å²) in [6.45, 7) is 4.06. The smallest absolute Gasteiger partial charge is 0.261 e. The molecule has 1 atom stereocenters. The van der Waals surface area contributed by atoms with Crippen LogP contribution in [0.15, 0.2) is 23.1 Å². The minimum absolute atomic E-state index is 0.0198. The summed E-state index contributed by atoms with van der Waals surface area (Å²) in [4.78, 5) is 12.0. The molecule has 1 amide bonds. The maximum absolute atomic E-state index is 12.0. The first kappa shape index (κ1) is 15.1. The molecule has 1 N–H and O–H groups in total. The van der Waals surface area contributed by atoms with E-state index in [0.29, 0.717) is 24.3 Å². The zero-order valence-electron chi connectivity index (χ0n) is 11.2.